The van der Waals surface area contributed by atoms with Gasteiger partial charge in [0.1, 0.15) is 5.52 Å². The summed E-state index contributed by atoms with van der Waals surface area (Å²) in [5, 5.41) is 0. The lowest BCUT2D eigenvalue weighted by atomic mass is 9.87. The Morgan fingerprint density at radius 2 is 1.90 bits per heavy atom. The van der Waals surface area contributed by atoms with Crippen LogP contribution in [0, 0.1) is 12.0 Å². The fraction of sp³-hybridized carbons (Fsp3) is 0.304. The number of amides is 1. The van der Waals surface area contributed by atoms with Crippen molar-refractivity contribution >= 4 is 28.9 Å². The van der Waals surface area contributed by atoms with Crippen LogP contribution in [0.25, 0.3) is 22.1 Å². The van der Waals surface area contributed by atoms with E-state index in [4.69, 9.17) is 6.57 Å². The lowest BCUT2D eigenvalue weighted by Gasteiger charge is -2.15. The summed E-state index contributed by atoms with van der Waals surface area (Å²) in [6, 6.07) is 3.62. The van der Waals surface area contributed by atoms with Crippen molar-refractivity contribution in [3.8, 4) is 0 Å². The molecule has 8 heteroatoms. The van der Waals surface area contributed by atoms with E-state index in [1.54, 1.807) is 38.8 Å². The smallest absolute Gasteiger partial charge is 0.252 e. The van der Waals surface area contributed by atoms with Gasteiger partial charge in [-0.1, -0.05) is 26.8 Å². The average molecular weight is 416 g/mol. The quantitative estimate of drug-likeness (QED) is 0.390. The van der Waals surface area contributed by atoms with E-state index in [-0.39, 0.29) is 17.4 Å². The van der Waals surface area contributed by atoms with Gasteiger partial charge in [-0.25, -0.2) is 14.8 Å². The van der Waals surface area contributed by atoms with Gasteiger partial charge in [0.25, 0.3) is 11.6 Å². The molecule has 3 heterocycles. The number of hydrogen-bond acceptors (Lipinski definition) is 5. The van der Waals surface area contributed by atoms with Crippen molar-refractivity contribution in [2.24, 2.45) is 5.41 Å². The summed E-state index contributed by atoms with van der Waals surface area (Å²) in [4.78, 5) is 45.8. The molecule has 0 aliphatic heterocycles. The van der Waals surface area contributed by atoms with E-state index < -0.39 is 5.41 Å². The third kappa shape index (κ3) is 4.83. The maximum atomic E-state index is 12.7. The Kier molecular flexibility index (Phi) is 5.97. The third-order valence-electron chi connectivity index (χ3n) is 4.62. The molecule has 0 aliphatic rings. The maximum Gasteiger partial charge on any atom is 0.252 e. The molecule has 158 valence electrons. The largest absolute Gasteiger partial charge is 0.354 e. The van der Waals surface area contributed by atoms with Gasteiger partial charge >= 0.3 is 0 Å². The van der Waals surface area contributed by atoms with E-state index in [1.165, 1.54) is 11.0 Å². The Morgan fingerprint density at radius 1 is 1.16 bits per heavy atom. The van der Waals surface area contributed by atoms with Crippen LogP contribution in [-0.2, 0) is 11.2 Å². The van der Waals surface area contributed by atoms with E-state index in [0.717, 1.165) is 5.69 Å². The lowest BCUT2D eigenvalue weighted by molar-refractivity contribution is -0.124. The number of nitrogens with one attached hydrogen (secondary N) is 1. The molecule has 0 spiro atoms. The number of hydrogen-bond donors (Lipinski definition) is 1. The predicted octanol–water partition coefficient (Wildman–Crippen LogP) is 3.52. The fourth-order valence-electron chi connectivity index (χ4n) is 2.93. The number of rotatable bonds is 5. The fourth-order valence-corrected chi connectivity index (χ4v) is 2.93. The van der Waals surface area contributed by atoms with Crippen LogP contribution in [-0.4, -0.2) is 50.6 Å². The number of H-pyrrole nitrogens is 1. The number of carbonyl (C=O) groups excluding carboxylic acids is 2. The van der Waals surface area contributed by atoms with Gasteiger partial charge in [-0.05, 0) is 17.7 Å². The highest BCUT2D eigenvalue weighted by Crippen LogP contribution is 2.25. The predicted molar refractivity (Wildman–Crippen MR) is 118 cm³/mol. The first-order chi connectivity index (χ1) is 14.6. The summed E-state index contributed by atoms with van der Waals surface area (Å²) in [7, 11) is 3.21. The van der Waals surface area contributed by atoms with Gasteiger partial charge in [-0.15, -0.1) is 0 Å². The first-order valence-corrected chi connectivity index (χ1v) is 9.73. The summed E-state index contributed by atoms with van der Waals surface area (Å²) in [5.41, 5.74) is 3.28. The zero-order valence-corrected chi connectivity index (χ0v) is 18.2. The van der Waals surface area contributed by atoms with Crippen LogP contribution in [0.2, 0.25) is 0 Å². The van der Waals surface area contributed by atoms with Gasteiger partial charge in [0.2, 0.25) is 0 Å². The van der Waals surface area contributed by atoms with Crippen LogP contribution in [0.5, 0.6) is 0 Å². The molecular weight excluding hydrogens is 392 g/mol. The van der Waals surface area contributed by atoms with Crippen LogP contribution in [0.15, 0.2) is 36.4 Å². The Bertz CT molecular complexity index is 1210. The molecule has 0 radical (unpaired) electrons. The molecule has 0 unspecified atom stereocenters. The maximum absolute atomic E-state index is 12.7. The molecule has 1 N–H and O–H groups in total. The Hall–Kier alpha value is -3.86. The Labute approximate surface area is 180 Å². The van der Waals surface area contributed by atoms with Crippen molar-refractivity contribution in [3.05, 3.63) is 70.4 Å². The number of pyridine rings is 1. The number of ketones is 1. The second-order valence-corrected chi connectivity index (χ2v) is 8.44. The third-order valence-corrected chi connectivity index (χ3v) is 4.62. The summed E-state index contributed by atoms with van der Waals surface area (Å²) in [5.74, 6) is -0.350. The normalized spacial score (nSPS) is 11.9. The first kappa shape index (κ1) is 21.8. The Balaban J connectivity index is 1.84. The van der Waals surface area contributed by atoms with Gasteiger partial charge in [0, 0.05) is 44.0 Å². The van der Waals surface area contributed by atoms with Crippen LogP contribution >= 0.6 is 0 Å². The number of carbonyl (C=O) groups is 2. The van der Waals surface area contributed by atoms with Crippen molar-refractivity contribution in [3.63, 3.8) is 0 Å². The van der Waals surface area contributed by atoms with E-state index >= 15 is 0 Å². The van der Waals surface area contributed by atoms with Crippen molar-refractivity contribution in [2.45, 2.75) is 27.2 Å². The van der Waals surface area contributed by atoms with Crippen LogP contribution < -0.4 is 0 Å². The summed E-state index contributed by atoms with van der Waals surface area (Å²) < 4.78 is 0. The van der Waals surface area contributed by atoms with E-state index in [1.807, 2.05) is 26.8 Å². The molecule has 0 saturated heterocycles. The van der Waals surface area contributed by atoms with E-state index in [0.29, 0.717) is 34.4 Å². The number of aromatic nitrogens is 4. The molecule has 3 aromatic rings. The van der Waals surface area contributed by atoms with E-state index in [2.05, 4.69) is 24.8 Å². The highest BCUT2D eigenvalue weighted by molar-refractivity contribution is 6.08. The SMILES string of the molecule is [C-]#[N+]C(=Cc1ccc(Cc2cnc3[nH]cc(C(=O)C(C)(C)C)c3n2)nc1)C(=O)N(C)C. The highest BCUT2D eigenvalue weighted by atomic mass is 16.2. The number of fused-ring (bicyclic) bond motifs is 1. The molecule has 1 amide bonds. The lowest BCUT2D eigenvalue weighted by Crippen LogP contribution is -2.22. The minimum absolute atomic E-state index is 0.00217. The van der Waals surface area contributed by atoms with E-state index in [9.17, 15) is 9.59 Å². The molecule has 0 atom stereocenters. The monoisotopic (exact) mass is 416 g/mol. The number of Topliss-reactive ketones (excluding diaryl/α,β-unsaturated/α-hetero) is 1. The summed E-state index contributed by atoms with van der Waals surface area (Å²) in [6.45, 7) is 12.8. The van der Waals surface area contributed by atoms with Crippen molar-refractivity contribution < 1.29 is 9.59 Å². The standard InChI is InChI=1S/C23H24N6O2/c1-23(2,3)20(30)17-13-27-21-19(17)28-16(12-26-21)10-15-8-7-14(11-25-15)9-18(24-4)22(31)29(5)6/h7-9,11-13H,10H2,1-3,5-6H3,(H,26,27). The molecule has 0 aromatic carbocycles. The first-order valence-electron chi connectivity index (χ1n) is 9.73. The zero-order chi connectivity index (χ0) is 22.8. The number of nitrogens with zero attached hydrogens (tertiary/aromatic N) is 5. The van der Waals surface area contributed by atoms with Gasteiger partial charge < -0.3 is 9.88 Å². The average Bonchev–Trinajstić information content (AvgIpc) is 3.14. The molecular formula is C23H24N6O2. The molecule has 0 fully saturated rings. The van der Waals surface area contributed by atoms with Gasteiger partial charge in [-0.3, -0.25) is 14.6 Å². The Morgan fingerprint density at radius 3 is 2.48 bits per heavy atom. The van der Waals surface area contributed by atoms with Gasteiger partial charge in [0.15, 0.2) is 11.4 Å². The van der Waals surface area contributed by atoms with Crippen LogP contribution in [0.4, 0.5) is 0 Å². The van der Waals surface area contributed by atoms with Crippen molar-refractivity contribution in [1.29, 1.82) is 0 Å². The summed E-state index contributed by atoms with van der Waals surface area (Å²) >= 11 is 0. The summed E-state index contributed by atoms with van der Waals surface area (Å²) in [6.07, 6.45) is 6.88. The van der Waals surface area contributed by atoms with Gasteiger partial charge in [-0.2, -0.15) is 0 Å². The second-order valence-electron chi connectivity index (χ2n) is 8.44. The van der Waals surface area contributed by atoms with Crippen LogP contribution in [0.3, 0.4) is 0 Å². The second kappa shape index (κ2) is 8.48. The van der Waals surface area contributed by atoms with Crippen molar-refractivity contribution in [1.82, 2.24) is 24.8 Å². The molecule has 31 heavy (non-hydrogen) atoms. The minimum atomic E-state index is -0.518. The minimum Gasteiger partial charge on any atom is -0.354 e. The molecule has 0 bridgehead atoms. The topological polar surface area (TPSA) is 96.2 Å². The number of likely N-dealkylation sites (N-methyl/N-ethyl adjacent to an activating group) is 1. The zero-order valence-electron chi connectivity index (χ0n) is 18.2. The molecule has 3 aromatic heterocycles. The highest BCUT2D eigenvalue weighted by Gasteiger charge is 2.26. The van der Waals surface area contributed by atoms with Crippen molar-refractivity contribution in [2.75, 3.05) is 14.1 Å². The molecule has 0 saturated carbocycles. The van der Waals surface area contributed by atoms with Gasteiger partial charge in [0.05, 0.1) is 24.0 Å². The van der Waals surface area contributed by atoms with Crippen LogP contribution in [0.1, 0.15) is 48.1 Å². The molecule has 8 nitrogen and oxygen atoms in total. The molecule has 0 aliphatic carbocycles. The molecule has 3 rings (SSSR count). The number of aromatic amines is 1.